The van der Waals surface area contributed by atoms with Gasteiger partial charge in [0, 0.05) is 24.3 Å². The Bertz CT molecular complexity index is 575. The molecule has 0 bridgehead atoms. The summed E-state index contributed by atoms with van der Waals surface area (Å²) in [4.78, 5) is 14.0. The summed E-state index contributed by atoms with van der Waals surface area (Å²) in [6, 6.07) is -1.36. The third kappa shape index (κ3) is 2.19. The molecule has 102 valence electrons. The van der Waals surface area contributed by atoms with E-state index in [0.29, 0.717) is 0 Å². The van der Waals surface area contributed by atoms with Gasteiger partial charge in [-0.05, 0) is 5.57 Å². The lowest BCUT2D eigenvalue weighted by Crippen LogP contribution is -2.30. The van der Waals surface area contributed by atoms with E-state index < -0.39 is 40.9 Å². The van der Waals surface area contributed by atoms with Crippen LogP contribution in [0.25, 0.3) is 0 Å². The predicted molar refractivity (Wildman–Crippen MR) is 58.0 cm³/mol. The van der Waals surface area contributed by atoms with Crippen LogP contribution in [0.3, 0.4) is 0 Å². The van der Waals surface area contributed by atoms with Crippen LogP contribution < -0.4 is 5.73 Å². The predicted octanol–water partition coefficient (Wildman–Crippen LogP) is 1.85. The molecular formula is C11H8F4N2O2. The quantitative estimate of drug-likeness (QED) is 0.772. The zero-order chi connectivity index (χ0) is 14.4. The Hall–Kier alpha value is -1.96. The lowest BCUT2D eigenvalue weighted by Gasteiger charge is -2.18. The number of fused-ring (bicyclic) bond motifs is 1. The third-order valence-electron chi connectivity index (χ3n) is 2.71. The van der Waals surface area contributed by atoms with Crippen LogP contribution in [-0.4, -0.2) is 29.3 Å². The van der Waals surface area contributed by atoms with Gasteiger partial charge >= 0.3 is 11.9 Å². The molecule has 0 aromatic carbocycles. The Balaban J connectivity index is 2.44. The molecule has 1 unspecified atom stereocenters. The van der Waals surface area contributed by atoms with Gasteiger partial charge in [-0.25, -0.2) is 8.78 Å². The zero-order valence-corrected chi connectivity index (χ0v) is 9.33. The number of nitrogens with zero attached hydrogens (tertiary/aromatic N) is 1. The molecule has 1 aliphatic carbocycles. The van der Waals surface area contributed by atoms with E-state index in [9.17, 15) is 22.4 Å². The minimum Gasteiger partial charge on any atom is -0.480 e. The maximum Gasteiger partial charge on any atom is 0.322 e. The number of aliphatic carboxylic acids is 1. The molecular weight excluding hydrogens is 268 g/mol. The molecule has 0 aromatic heterocycles. The van der Waals surface area contributed by atoms with Crippen molar-refractivity contribution in [1.29, 1.82) is 0 Å². The van der Waals surface area contributed by atoms with Gasteiger partial charge in [0.05, 0.1) is 0 Å². The van der Waals surface area contributed by atoms with E-state index in [1.54, 1.807) is 0 Å². The number of alkyl halides is 2. The van der Waals surface area contributed by atoms with Gasteiger partial charge in [0.1, 0.15) is 17.6 Å². The van der Waals surface area contributed by atoms with Crippen molar-refractivity contribution in [2.45, 2.75) is 18.4 Å². The molecule has 0 saturated carbocycles. The number of rotatable bonds is 3. The van der Waals surface area contributed by atoms with Crippen molar-refractivity contribution >= 4 is 12.2 Å². The van der Waals surface area contributed by atoms with Crippen molar-refractivity contribution in [1.82, 2.24) is 0 Å². The van der Waals surface area contributed by atoms with Gasteiger partial charge in [-0.3, -0.25) is 9.79 Å². The normalized spacial score (nSPS) is 22.5. The molecule has 3 N–H and O–H groups in total. The van der Waals surface area contributed by atoms with Gasteiger partial charge in [-0.2, -0.15) is 8.78 Å². The highest BCUT2D eigenvalue weighted by Gasteiger charge is 2.44. The average molecular weight is 276 g/mol. The highest BCUT2D eigenvalue weighted by Crippen LogP contribution is 2.44. The summed E-state index contributed by atoms with van der Waals surface area (Å²) in [6.07, 6.45) is 0.446. The fourth-order valence-electron chi connectivity index (χ4n) is 1.79. The molecule has 0 radical (unpaired) electrons. The molecule has 0 aromatic rings. The highest BCUT2D eigenvalue weighted by molar-refractivity contribution is 5.90. The van der Waals surface area contributed by atoms with E-state index in [2.05, 4.69) is 4.99 Å². The zero-order valence-electron chi connectivity index (χ0n) is 9.33. The molecule has 2 rings (SSSR count). The number of hydrogen-bond acceptors (Lipinski definition) is 3. The van der Waals surface area contributed by atoms with Crippen molar-refractivity contribution in [3.63, 3.8) is 0 Å². The Morgan fingerprint density at radius 2 is 2.11 bits per heavy atom. The van der Waals surface area contributed by atoms with Crippen LogP contribution in [0.15, 0.2) is 39.6 Å². The summed E-state index contributed by atoms with van der Waals surface area (Å²) in [5, 5.41) is 8.63. The molecule has 19 heavy (non-hydrogen) atoms. The lowest BCUT2D eigenvalue weighted by atomic mass is 9.95. The molecule has 1 atom stereocenters. The molecule has 0 amide bonds. The van der Waals surface area contributed by atoms with Crippen LogP contribution in [0, 0.1) is 0 Å². The van der Waals surface area contributed by atoms with Crippen LogP contribution in [-0.2, 0) is 4.79 Å². The van der Waals surface area contributed by atoms with Crippen LogP contribution in [0.5, 0.6) is 0 Å². The Morgan fingerprint density at radius 1 is 1.47 bits per heavy atom. The Labute approximate surface area is 104 Å². The summed E-state index contributed by atoms with van der Waals surface area (Å²) in [5.74, 6) is -8.60. The number of halogens is 4. The summed E-state index contributed by atoms with van der Waals surface area (Å²) in [5.41, 5.74) is 3.97. The van der Waals surface area contributed by atoms with Crippen LogP contribution in [0.4, 0.5) is 17.6 Å². The van der Waals surface area contributed by atoms with Gasteiger partial charge in [0.15, 0.2) is 5.83 Å². The van der Waals surface area contributed by atoms with Crippen molar-refractivity contribution in [2.24, 2.45) is 10.7 Å². The highest BCUT2D eigenvalue weighted by atomic mass is 19.3. The minimum atomic E-state index is -4.05. The number of hydrogen-bond donors (Lipinski definition) is 2. The maximum absolute atomic E-state index is 13.6. The van der Waals surface area contributed by atoms with Crippen molar-refractivity contribution < 1.29 is 27.5 Å². The largest absolute Gasteiger partial charge is 0.480 e. The number of allylic oxidation sites excluding steroid dienone is 3. The first-order valence-electron chi connectivity index (χ1n) is 5.17. The SMILES string of the molecule is NC(CC1=C2C(F)=CC(F)(F)C(F)=C2N=C1)C(=O)O. The van der Waals surface area contributed by atoms with E-state index in [4.69, 9.17) is 10.8 Å². The molecule has 4 nitrogen and oxygen atoms in total. The second-order valence-electron chi connectivity index (χ2n) is 4.09. The fraction of sp³-hybridized carbons (Fsp3) is 0.273. The Kier molecular flexibility index (Phi) is 3.05. The molecule has 8 heteroatoms. The van der Waals surface area contributed by atoms with E-state index in [1.165, 1.54) is 0 Å². The number of carboxylic acid groups (broad SMARTS) is 1. The maximum atomic E-state index is 13.6. The summed E-state index contributed by atoms with van der Waals surface area (Å²) in [7, 11) is 0. The minimum absolute atomic E-state index is 0.0238. The number of carboxylic acids is 1. The van der Waals surface area contributed by atoms with Gasteiger partial charge in [0.25, 0.3) is 0 Å². The molecule has 1 heterocycles. The lowest BCUT2D eigenvalue weighted by molar-refractivity contribution is -0.138. The second-order valence-corrected chi connectivity index (χ2v) is 4.09. The average Bonchev–Trinajstić information content (AvgIpc) is 2.69. The molecule has 0 saturated heterocycles. The summed E-state index contributed by atoms with van der Waals surface area (Å²) < 4.78 is 53.0. The van der Waals surface area contributed by atoms with E-state index in [-0.39, 0.29) is 18.1 Å². The first-order chi connectivity index (χ1) is 8.74. The topological polar surface area (TPSA) is 75.7 Å². The van der Waals surface area contributed by atoms with E-state index >= 15 is 0 Å². The second kappa shape index (κ2) is 4.30. The smallest absolute Gasteiger partial charge is 0.322 e. The van der Waals surface area contributed by atoms with Gasteiger partial charge in [0.2, 0.25) is 0 Å². The first kappa shape index (κ1) is 13.5. The molecule has 0 fully saturated rings. The monoisotopic (exact) mass is 276 g/mol. The van der Waals surface area contributed by atoms with E-state index in [0.717, 1.165) is 6.21 Å². The third-order valence-corrected chi connectivity index (χ3v) is 2.71. The summed E-state index contributed by atoms with van der Waals surface area (Å²) >= 11 is 0. The molecule has 2 aliphatic rings. The first-order valence-corrected chi connectivity index (χ1v) is 5.17. The molecule has 1 aliphatic heterocycles. The van der Waals surface area contributed by atoms with Crippen LogP contribution in [0.1, 0.15) is 6.42 Å². The van der Waals surface area contributed by atoms with Gasteiger partial charge in [-0.1, -0.05) is 0 Å². The number of carbonyl (C=O) groups is 1. The van der Waals surface area contributed by atoms with Gasteiger partial charge in [-0.15, -0.1) is 0 Å². The van der Waals surface area contributed by atoms with Crippen LogP contribution >= 0.6 is 0 Å². The standard InChI is InChI=1S/C11H8F4N2O2/c12-5-2-11(14,15)9(13)8-7(5)4(3-17-8)1-6(16)10(18)19/h2-3,6H,1,16H2,(H,18,19). The number of nitrogens with two attached hydrogens (primary N) is 1. The Morgan fingerprint density at radius 3 is 2.68 bits per heavy atom. The van der Waals surface area contributed by atoms with Crippen molar-refractivity contribution in [3.05, 3.63) is 34.6 Å². The van der Waals surface area contributed by atoms with E-state index in [1.807, 2.05) is 0 Å². The summed E-state index contributed by atoms with van der Waals surface area (Å²) in [6.45, 7) is 0. The number of aliphatic imine (C=N–C) groups is 1. The fourth-order valence-corrected chi connectivity index (χ4v) is 1.79. The van der Waals surface area contributed by atoms with Crippen molar-refractivity contribution in [3.8, 4) is 0 Å². The molecule has 0 spiro atoms. The van der Waals surface area contributed by atoms with Crippen molar-refractivity contribution in [2.75, 3.05) is 0 Å². The van der Waals surface area contributed by atoms with Crippen LogP contribution in [0.2, 0.25) is 0 Å². The van der Waals surface area contributed by atoms with Gasteiger partial charge < -0.3 is 10.8 Å².